The van der Waals surface area contributed by atoms with E-state index in [1.165, 1.54) is 25.8 Å². The molecular weight excluding hydrogens is 576 g/mol. The molecule has 6 nitrogen and oxygen atoms in total. The molecule has 0 spiro atoms. The Hall–Kier alpha value is -2.99. The summed E-state index contributed by atoms with van der Waals surface area (Å²) < 4.78 is 86.6. The summed E-state index contributed by atoms with van der Waals surface area (Å²) in [6, 6.07) is 7.25. The molecule has 0 aliphatic carbocycles. The lowest BCUT2D eigenvalue weighted by molar-refractivity contribution is -0.144. The summed E-state index contributed by atoms with van der Waals surface area (Å²) in [4.78, 5) is 31.8. The van der Waals surface area contributed by atoms with Crippen LogP contribution in [-0.4, -0.2) is 79.1 Å². The second kappa shape index (κ2) is 11.4. The van der Waals surface area contributed by atoms with Crippen molar-refractivity contribution < 1.29 is 40.7 Å². The van der Waals surface area contributed by atoms with Gasteiger partial charge in [0.2, 0.25) is 5.91 Å². The molecule has 2 saturated heterocycles. The van der Waals surface area contributed by atoms with Gasteiger partial charge in [0.15, 0.2) is 0 Å². The quantitative estimate of drug-likeness (QED) is 0.400. The zero-order valence-corrected chi connectivity index (χ0v) is 23.4. The highest BCUT2D eigenvalue weighted by Crippen LogP contribution is 2.40. The minimum absolute atomic E-state index is 0.0381. The smallest absolute Gasteiger partial charge is 0.378 e. The summed E-state index contributed by atoms with van der Waals surface area (Å²) >= 11 is 6.06. The third-order valence-corrected chi connectivity index (χ3v) is 8.05. The molecule has 2 aromatic carbocycles. The van der Waals surface area contributed by atoms with E-state index in [2.05, 4.69) is 0 Å². The minimum Gasteiger partial charge on any atom is -0.378 e. The van der Waals surface area contributed by atoms with Crippen LogP contribution in [0.15, 0.2) is 42.5 Å². The number of hydrogen-bond acceptors (Lipinski definition) is 3. The standard InChI is InChI=1S/C28H30ClF6N3O3/c1-26(2,18-12-19(27(30,31)32)14-20(13-18)28(33,34)35)24(39)36(3)23-16-38(25(40)37-8-10-41-11-9-37)15-22(23)17-4-6-21(29)7-5-17/h4-7,12-14,22-23H,8-11,15-16H2,1-3H3/t22?,23-/m1/s1. The monoisotopic (exact) mass is 605 g/mol. The molecule has 3 amide bonds. The Morgan fingerprint density at radius 1 is 0.854 bits per heavy atom. The first-order valence-electron chi connectivity index (χ1n) is 12.9. The Labute approximate surface area is 238 Å². The van der Waals surface area contributed by atoms with Crippen molar-refractivity contribution in [2.75, 3.05) is 46.4 Å². The Morgan fingerprint density at radius 2 is 1.37 bits per heavy atom. The fourth-order valence-electron chi connectivity index (χ4n) is 5.36. The molecule has 224 valence electrons. The van der Waals surface area contributed by atoms with E-state index in [0.717, 1.165) is 5.56 Å². The van der Waals surface area contributed by atoms with Crippen LogP contribution < -0.4 is 0 Å². The Kier molecular flexibility index (Phi) is 8.57. The zero-order chi connectivity index (χ0) is 30.3. The van der Waals surface area contributed by atoms with Crippen LogP contribution in [0.1, 0.15) is 42.0 Å². The number of halogens is 7. The van der Waals surface area contributed by atoms with E-state index >= 15 is 0 Å². The summed E-state index contributed by atoms with van der Waals surface area (Å²) in [6.07, 6.45) is -10.1. The second-order valence-corrected chi connectivity index (χ2v) is 11.3. The lowest BCUT2D eigenvalue weighted by Gasteiger charge is -2.36. The molecule has 2 aliphatic heterocycles. The Balaban J connectivity index is 1.68. The highest BCUT2D eigenvalue weighted by molar-refractivity contribution is 6.30. The number of rotatable bonds is 4. The summed E-state index contributed by atoms with van der Waals surface area (Å²) in [6.45, 7) is 4.57. The maximum absolute atomic E-state index is 13.9. The van der Waals surface area contributed by atoms with Crippen molar-refractivity contribution in [2.45, 2.75) is 43.6 Å². The molecular formula is C28H30ClF6N3O3. The molecule has 0 aromatic heterocycles. The van der Waals surface area contributed by atoms with Crippen LogP contribution in [0.5, 0.6) is 0 Å². The van der Waals surface area contributed by atoms with Crippen molar-refractivity contribution in [3.05, 3.63) is 69.7 Å². The zero-order valence-electron chi connectivity index (χ0n) is 22.7. The lowest BCUT2D eigenvalue weighted by atomic mass is 9.80. The van der Waals surface area contributed by atoms with E-state index in [1.54, 1.807) is 34.1 Å². The van der Waals surface area contributed by atoms with Gasteiger partial charge < -0.3 is 19.4 Å². The van der Waals surface area contributed by atoms with Crippen LogP contribution in [-0.2, 0) is 27.3 Å². The van der Waals surface area contributed by atoms with E-state index < -0.39 is 46.4 Å². The first kappa shape index (κ1) is 31.0. The molecule has 0 bridgehead atoms. The van der Waals surface area contributed by atoms with Crippen molar-refractivity contribution in [1.82, 2.24) is 14.7 Å². The predicted octanol–water partition coefficient (Wildman–Crippen LogP) is 6.03. The van der Waals surface area contributed by atoms with Gasteiger partial charge in [-0.15, -0.1) is 0 Å². The number of hydrogen-bond donors (Lipinski definition) is 0. The minimum atomic E-state index is -5.05. The number of likely N-dealkylation sites (N-methyl/N-ethyl adjacent to an activating group) is 1. The first-order chi connectivity index (χ1) is 19.0. The van der Waals surface area contributed by atoms with E-state index in [-0.39, 0.29) is 31.1 Å². The summed E-state index contributed by atoms with van der Waals surface area (Å²) in [5, 5.41) is 0.486. The highest BCUT2D eigenvalue weighted by atomic mass is 35.5. The van der Waals surface area contributed by atoms with Crippen molar-refractivity contribution >= 4 is 23.5 Å². The molecule has 41 heavy (non-hydrogen) atoms. The van der Waals surface area contributed by atoms with Gasteiger partial charge in [-0.05, 0) is 55.3 Å². The van der Waals surface area contributed by atoms with Gasteiger partial charge in [0.05, 0.1) is 35.8 Å². The van der Waals surface area contributed by atoms with E-state index in [9.17, 15) is 35.9 Å². The molecule has 0 saturated carbocycles. The van der Waals surface area contributed by atoms with E-state index in [0.29, 0.717) is 43.5 Å². The van der Waals surface area contributed by atoms with Crippen molar-refractivity contribution in [3.8, 4) is 0 Å². The van der Waals surface area contributed by atoms with Gasteiger partial charge in [-0.1, -0.05) is 23.7 Å². The molecule has 2 heterocycles. The number of nitrogens with zero attached hydrogens (tertiary/aromatic N) is 3. The first-order valence-corrected chi connectivity index (χ1v) is 13.3. The van der Waals surface area contributed by atoms with Crippen LogP contribution >= 0.6 is 11.6 Å². The van der Waals surface area contributed by atoms with Gasteiger partial charge in [-0.2, -0.15) is 26.3 Å². The van der Waals surface area contributed by atoms with E-state index in [1.807, 2.05) is 0 Å². The number of benzene rings is 2. The van der Waals surface area contributed by atoms with Crippen molar-refractivity contribution in [2.24, 2.45) is 0 Å². The third-order valence-electron chi connectivity index (χ3n) is 7.80. The molecule has 1 unspecified atom stereocenters. The van der Waals surface area contributed by atoms with Crippen LogP contribution in [0, 0.1) is 0 Å². The number of carbonyl (C=O) groups is 2. The molecule has 4 rings (SSSR count). The Bertz CT molecular complexity index is 1240. The normalized spacial score (nSPS) is 20.3. The number of urea groups is 1. The van der Waals surface area contributed by atoms with Gasteiger partial charge in [0, 0.05) is 44.2 Å². The topological polar surface area (TPSA) is 53.1 Å². The Morgan fingerprint density at radius 3 is 1.88 bits per heavy atom. The number of morpholine rings is 1. The molecule has 2 aliphatic rings. The highest BCUT2D eigenvalue weighted by Gasteiger charge is 2.46. The van der Waals surface area contributed by atoms with Crippen LogP contribution in [0.25, 0.3) is 0 Å². The predicted molar refractivity (Wildman–Crippen MR) is 140 cm³/mol. The van der Waals surface area contributed by atoms with Gasteiger partial charge in [-0.3, -0.25) is 4.79 Å². The molecule has 0 radical (unpaired) electrons. The van der Waals surface area contributed by atoms with Crippen LogP contribution in [0.4, 0.5) is 31.1 Å². The SMILES string of the molecule is CN(C(=O)C(C)(C)c1cc(C(F)(F)F)cc(C(F)(F)F)c1)[C@@H]1CN(C(=O)N2CCOCC2)CC1c1ccc(Cl)cc1. The average molecular weight is 606 g/mol. The molecule has 13 heteroatoms. The number of alkyl halides is 6. The number of amides is 3. The van der Waals surface area contributed by atoms with Gasteiger partial charge in [0.1, 0.15) is 0 Å². The molecule has 2 fully saturated rings. The molecule has 2 aromatic rings. The fourth-order valence-corrected chi connectivity index (χ4v) is 5.48. The number of carbonyl (C=O) groups excluding carboxylic acids is 2. The summed E-state index contributed by atoms with van der Waals surface area (Å²) in [5.74, 6) is -1.07. The number of likely N-dealkylation sites (tertiary alicyclic amines) is 1. The van der Waals surface area contributed by atoms with Gasteiger partial charge >= 0.3 is 18.4 Å². The van der Waals surface area contributed by atoms with Crippen LogP contribution in [0.3, 0.4) is 0 Å². The second-order valence-electron chi connectivity index (χ2n) is 10.8. The average Bonchev–Trinajstić information content (AvgIpc) is 3.37. The maximum Gasteiger partial charge on any atom is 0.416 e. The molecule has 0 N–H and O–H groups in total. The molecule has 2 atom stereocenters. The summed E-state index contributed by atoms with van der Waals surface area (Å²) in [5.41, 5.74) is -4.38. The van der Waals surface area contributed by atoms with Crippen molar-refractivity contribution in [3.63, 3.8) is 0 Å². The maximum atomic E-state index is 13.9. The number of ether oxygens (including phenoxy) is 1. The van der Waals surface area contributed by atoms with Gasteiger partial charge in [-0.25, -0.2) is 4.79 Å². The third kappa shape index (κ3) is 6.58. The fraction of sp³-hybridized carbons (Fsp3) is 0.500. The van der Waals surface area contributed by atoms with Gasteiger partial charge in [0.25, 0.3) is 0 Å². The van der Waals surface area contributed by atoms with Crippen LogP contribution in [0.2, 0.25) is 5.02 Å². The summed E-state index contributed by atoms with van der Waals surface area (Å²) in [7, 11) is 1.46. The largest absolute Gasteiger partial charge is 0.416 e. The van der Waals surface area contributed by atoms with E-state index in [4.69, 9.17) is 16.3 Å². The van der Waals surface area contributed by atoms with Crippen molar-refractivity contribution in [1.29, 1.82) is 0 Å². The lowest BCUT2D eigenvalue weighted by Crippen LogP contribution is -2.50.